The van der Waals surface area contributed by atoms with Gasteiger partial charge < -0.3 is 4.74 Å². The van der Waals surface area contributed by atoms with Crippen LogP contribution in [0, 0.1) is 23.0 Å². The molecule has 1 saturated carbocycles. The van der Waals surface area contributed by atoms with Crippen LogP contribution in [0.5, 0.6) is 11.5 Å². The first kappa shape index (κ1) is 14.3. The molecule has 0 amide bonds. The maximum absolute atomic E-state index is 10.8. The smallest absolute Gasteiger partial charge is 0.269 e. The number of allylic oxidation sites excluding steroid dienone is 1. The number of non-ortho nitro benzene ring substituents is 1. The van der Waals surface area contributed by atoms with Crippen LogP contribution in [0.25, 0.3) is 6.08 Å². The summed E-state index contributed by atoms with van der Waals surface area (Å²) in [7, 11) is 0. The van der Waals surface area contributed by atoms with E-state index >= 15 is 0 Å². The summed E-state index contributed by atoms with van der Waals surface area (Å²) in [6.07, 6.45) is 6.92. The Kier molecular flexibility index (Phi) is 3.92. The number of ether oxygens (including phenoxy) is 1. The van der Waals surface area contributed by atoms with Crippen LogP contribution in [0.1, 0.15) is 24.0 Å². The Morgan fingerprint density at radius 2 is 2.05 bits per heavy atom. The van der Waals surface area contributed by atoms with Gasteiger partial charge in [0.1, 0.15) is 11.5 Å². The molecule has 0 saturated heterocycles. The molecule has 22 heavy (non-hydrogen) atoms. The van der Waals surface area contributed by atoms with E-state index in [1.807, 2.05) is 24.3 Å². The van der Waals surface area contributed by atoms with Crippen LogP contribution in [0.3, 0.4) is 0 Å². The van der Waals surface area contributed by atoms with E-state index in [9.17, 15) is 10.1 Å². The van der Waals surface area contributed by atoms with Crippen LogP contribution >= 0.6 is 0 Å². The molecular weight excluding hydrogens is 278 g/mol. The van der Waals surface area contributed by atoms with Gasteiger partial charge in [-0.2, -0.15) is 0 Å². The largest absolute Gasteiger partial charge is 0.457 e. The van der Waals surface area contributed by atoms with Gasteiger partial charge in [-0.05, 0) is 55.0 Å². The number of aryl methyl sites for hydroxylation is 1. The average molecular weight is 295 g/mol. The minimum atomic E-state index is -0.403. The summed E-state index contributed by atoms with van der Waals surface area (Å²) in [4.78, 5) is 10.4. The highest BCUT2D eigenvalue weighted by atomic mass is 16.6. The number of rotatable bonds is 5. The molecule has 2 aromatic rings. The zero-order chi connectivity index (χ0) is 15.5. The lowest BCUT2D eigenvalue weighted by atomic mass is 10.1. The van der Waals surface area contributed by atoms with E-state index in [0.717, 1.165) is 22.8 Å². The molecule has 112 valence electrons. The van der Waals surface area contributed by atoms with E-state index in [1.165, 1.54) is 25.0 Å². The SMILES string of the molecule is Cc1cc([N+](=O)[O-])ccc1Oc1cccc(C=CC2CC2)c1. The fourth-order valence-electron chi connectivity index (χ4n) is 2.21. The Labute approximate surface area is 129 Å². The lowest BCUT2D eigenvalue weighted by Gasteiger charge is -2.09. The van der Waals surface area contributed by atoms with Gasteiger partial charge in [0, 0.05) is 12.1 Å². The molecule has 1 fully saturated rings. The molecule has 0 bridgehead atoms. The van der Waals surface area contributed by atoms with Crippen molar-refractivity contribution in [2.45, 2.75) is 19.8 Å². The molecule has 0 aliphatic heterocycles. The summed E-state index contributed by atoms with van der Waals surface area (Å²) in [5, 5.41) is 10.8. The Balaban J connectivity index is 1.77. The van der Waals surface area contributed by atoms with Gasteiger partial charge >= 0.3 is 0 Å². The van der Waals surface area contributed by atoms with Crippen molar-refractivity contribution in [3.63, 3.8) is 0 Å². The highest BCUT2D eigenvalue weighted by Gasteiger charge is 2.17. The van der Waals surface area contributed by atoms with Crippen molar-refractivity contribution >= 4 is 11.8 Å². The van der Waals surface area contributed by atoms with Crippen molar-refractivity contribution in [1.82, 2.24) is 0 Å². The van der Waals surface area contributed by atoms with Crippen LogP contribution in [0.2, 0.25) is 0 Å². The average Bonchev–Trinajstić information content (AvgIpc) is 3.32. The molecule has 3 rings (SSSR count). The van der Waals surface area contributed by atoms with E-state index in [2.05, 4.69) is 12.2 Å². The fourth-order valence-corrected chi connectivity index (χ4v) is 2.21. The molecule has 0 unspecified atom stereocenters. The highest BCUT2D eigenvalue weighted by Crippen LogP contribution is 2.32. The summed E-state index contributed by atoms with van der Waals surface area (Å²) in [6.45, 7) is 1.80. The molecule has 0 N–H and O–H groups in total. The molecule has 0 aromatic heterocycles. The Hall–Kier alpha value is -2.62. The molecular formula is C18H17NO3. The summed E-state index contributed by atoms with van der Waals surface area (Å²) < 4.78 is 5.85. The summed E-state index contributed by atoms with van der Waals surface area (Å²) in [6, 6.07) is 12.5. The van der Waals surface area contributed by atoms with Crippen molar-refractivity contribution in [2.24, 2.45) is 5.92 Å². The molecule has 1 aliphatic carbocycles. The Morgan fingerprint density at radius 3 is 2.73 bits per heavy atom. The first-order chi connectivity index (χ1) is 10.6. The quantitative estimate of drug-likeness (QED) is 0.568. The van der Waals surface area contributed by atoms with E-state index in [1.54, 1.807) is 13.0 Å². The third kappa shape index (κ3) is 3.52. The van der Waals surface area contributed by atoms with Gasteiger partial charge in [-0.3, -0.25) is 10.1 Å². The van der Waals surface area contributed by atoms with E-state index in [4.69, 9.17) is 4.74 Å². The van der Waals surface area contributed by atoms with Crippen molar-refractivity contribution in [3.8, 4) is 11.5 Å². The summed E-state index contributed by atoms with van der Waals surface area (Å²) in [5.41, 5.74) is 1.92. The van der Waals surface area contributed by atoms with Crippen LogP contribution in [-0.2, 0) is 0 Å². The second-order valence-electron chi connectivity index (χ2n) is 5.58. The number of nitrogens with zero attached hydrogens (tertiary/aromatic N) is 1. The van der Waals surface area contributed by atoms with Crippen LogP contribution in [0.15, 0.2) is 48.5 Å². The van der Waals surface area contributed by atoms with Crippen molar-refractivity contribution < 1.29 is 9.66 Å². The fraction of sp³-hybridized carbons (Fsp3) is 0.222. The van der Waals surface area contributed by atoms with Gasteiger partial charge in [0.05, 0.1) is 4.92 Å². The van der Waals surface area contributed by atoms with Crippen molar-refractivity contribution in [1.29, 1.82) is 0 Å². The zero-order valence-electron chi connectivity index (χ0n) is 12.4. The minimum Gasteiger partial charge on any atom is -0.457 e. The molecule has 4 heteroatoms. The van der Waals surface area contributed by atoms with Crippen LogP contribution in [-0.4, -0.2) is 4.92 Å². The zero-order valence-corrected chi connectivity index (χ0v) is 12.4. The summed E-state index contributed by atoms with van der Waals surface area (Å²) >= 11 is 0. The van der Waals surface area contributed by atoms with Gasteiger partial charge in [-0.25, -0.2) is 0 Å². The highest BCUT2D eigenvalue weighted by molar-refractivity contribution is 5.53. The van der Waals surface area contributed by atoms with Crippen molar-refractivity contribution in [2.75, 3.05) is 0 Å². The van der Waals surface area contributed by atoms with E-state index in [0.29, 0.717) is 5.75 Å². The maximum atomic E-state index is 10.8. The molecule has 0 heterocycles. The first-order valence-electron chi connectivity index (χ1n) is 7.33. The number of nitro benzene ring substituents is 1. The third-order valence-electron chi connectivity index (χ3n) is 3.64. The third-order valence-corrected chi connectivity index (χ3v) is 3.64. The second kappa shape index (κ2) is 6.02. The second-order valence-corrected chi connectivity index (χ2v) is 5.58. The first-order valence-corrected chi connectivity index (χ1v) is 7.33. The molecule has 2 aromatic carbocycles. The topological polar surface area (TPSA) is 52.4 Å². The number of hydrogen-bond donors (Lipinski definition) is 0. The molecule has 1 aliphatic rings. The molecule has 4 nitrogen and oxygen atoms in total. The lowest BCUT2D eigenvalue weighted by Crippen LogP contribution is -1.92. The standard InChI is InChI=1S/C18H17NO3/c1-13-11-16(19(20)21)9-10-18(13)22-17-4-2-3-15(12-17)8-7-14-5-6-14/h2-4,7-12,14H,5-6H2,1H3. The normalized spacial score (nSPS) is 14.2. The minimum absolute atomic E-state index is 0.0750. The predicted octanol–water partition coefficient (Wildman–Crippen LogP) is 5.12. The number of hydrogen-bond acceptors (Lipinski definition) is 3. The van der Waals surface area contributed by atoms with Crippen LogP contribution in [0.4, 0.5) is 5.69 Å². The van der Waals surface area contributed by atoms with Gasteiger partial charge in [0.2, 0.25) is 0 Å². The van der Waals surface area contributed by atoms with Gasteiger partial charge in [-0.1, -0.05) is 24.3 Å². The Bertz CT molecular complexity index is 733. The van der Waals surface area contributed by atoms with E-state index < -0.39 is 4.92 Å². The number of benzene rings is 2. The monoisotopic (exact) mass is 295 g/mol. The number of nitro groups is 1. The predicted molar refractivity (Wildman–Crippen MR) is 86.1 cm³/mol. The molecule has 0 radical (unpaired) electrons. The van der Waals surface area contributed by atoms with Crippen molar-refractivity contribution in [3.05, 3.63) is 69.8 Å². The van der Waals surface area contributed by atoms with Gasteiger partial charge in [0.15, 0.2) is 0 Å². The lowest BCUT2D eigenvalue weighted by molar-refractivity contribution is -0.384. The van der Waals surface area contributed by atoms with Gasteiger partial charge in [-0.15, -0.1) is 0 Å². The summed E-state index contributed by atoms with van der Waals surface area (Å²) in [5.74, 6) is 2.10. The molecule has 0 spiro atoms. The van der Waals surface area contributed by atoms with Gasteiger partial charge in [0.25, 0.3) is 5.69 Å². The Morgan fingerprint density at radius 1 is 1.23 bits per heavy atom. The van der Waals surface area contributed by atoms with E-state index in [-0.39, 0.29) is 5.69 Å². The molecule has 0 atom stereocenters. The van der Waals surface area contributed by atoms with Crippen LogP contribution < -0.4 is 4.74 Å². The maximum Gasteiger partial charge on any atom is 0.269 e.